The number of urea groups is 1. The zero-order chi connectivity index (χ0) is 13.1. The molecule has 3 atom stereocenters. The van der Waals surface area contributed by atoms with Gasteiger partial charge in [0.15, 0.2) is 0 Å². The summed E-state index contributed by atoms with van der Waals surface area (Å²) in [5.41, 5.74) is 0. The van der Waals surface area contributed by atoms with Crippen molar-refractivity contribution in [2.24, 2.45) is 5.92 Å². The van der Waals surface area contributed by atoms with Crippen LogP contribution in [0, 0.1) is 5.92 Å². The predicted molar refractivity (Wildman–Crippen MR) is 64.3 cm³/mol. The maximum atomic E-state index is 11.9. The number of carbonyl (C=O) groups excluding carboxylic acids is 1. The molecule has 0 saturated carbocycles. The molecular weight excluding hydrogens is 236 g/mol. The number of nitrogens with one attached hydrogen (secondary N) is 1. The molecule has 0 radical (unpaired) electrons. The minimum absolute atomic E-state index is 0.163. The average Bonchev–Trinajstić information content (AvgIpc) is 2.68. The van der Waals surface area contributed by atoms with Crippen LogP contribution in [0.4, 0.5) is 4.79 Å². The molecule has 102 valence electrons. The average molecular weight is 256 g/mol. The summed E-state index contributed by atoms with van der Waals surface area (Å²) in [6.45, 7) is 3.23. The number of nitrogens with zero attached hydrogens (tertiary/aromatic N) is 1. The molecule has 0 aromatic carbocycles. The molecule has 2 bridgehead atoms. The molecule has 2 fully saturated rings. The third-order valence-electron chi connectivity index (χ3n) is 3.67. The lowest BCUT2D eigenvalue weighted by Crippen LogP contribution is -2.50. The van der Waals surface area contributed by atoms with E-state index in [-0.39, 0.29) is 24.8 Å². The van der Waals surface area contributed by atoms with E-state index in [1.807, 2.05) is 0 Å². The standard InChI is InChI=1S/C12H20N2O4/c1-2-8(11(15)16)5-13-12(17)14-6-9-3-4-10(7-14)18-9/h8-10H,2-7H2,1H3,(H,13,17)(H,15,16). The number of carbonyl (C=O) groups is 2. The van der Waals surface area contributed by atoms with Crippen molar-refractivity contribution in [1.29, 1.82) is 0 Å². The Bertz CT molecular complexity index is 322. The van der Waals surface area contributed by atoms with Crippen molar-refractivity contribution in [3.05, 3.63) is 0 Å². The second kappa shape index (κ2) is 5.56. The summed E-state index contributed by atoms with van der Waals surface area (Å²) in [5, 5.41) is 11.6. The predicted octanol–water partition coefficient (Wildman–Crippen LogP) is 0.670. The molecule has 6 heteroatoms. The first kappa shape index (κ1) is 13.1. The minimum atomic E-state index is -0.861. The number of carboxylic acid groups (broad SMARTS) is 1. The molecule has 0 aromatic heterocycles. The zero-order valence-electron chi connectivity index (χ0n) is 10.6. The fourth-order valence-electron chi connectivity index (χ4n) is 2.51. The highest BCUT2D eigenvalue weighted by Crippen LogP contribution is 2.26. The number of morpholine rings is 1. The summed E-state index contributed by atoms with van der Waals surface area (Å²) >= 11 is 0. The molecule has 0 spiro atoms. The highest BCUT2D eigenvalue weighted by molar-refractivity contribution is 5.76. The first-order chi connectivity index (χ1) is 8.60. The molecule has 2 N–H and O–H groups in total. The number of aliphatic carboxylic acids is 1. The van der Waals surface area contributed by atoms with Gasteiger partial charge in [-0.25, -0.2) is 4.79 Å². The number of fused-ring (bicyclic) bond motifs is 2. The Morgan fingerprint density at radius 1 is 1.39 bits per heavy atom. The van der Waals surface area contributed by atoms with Crippen molar-refractivity contribution >= 4 is 12.0 Å². The molecule has 2 aliphatic rings. The second-order valence-corrected chi connectivity index (χ2v) is 4.99. The Morgan fingerprint density at radius 2 is 2.00 bits per heavy atom. The summed E-state index contributed by atoms with van der Waals surface area (Å²) in [6.07, 6.45) is 2.87. The lowest BCUT2D eigenvalue weighted by atomic mass is 10.1. The number of likely N-dealkylation sites (tertiary alicyclic amines) is 1. The van der Waals surface area contributed by atoms with Crippen LogP contribution in [0.15, 0.2) is 0 Å². The van der Waals surface area contributed by atoms with E-state index >= 15 is 0 Å². The van der Waals surface area contributed by atoms with Gasteiger partial charge in [-0.15, -0.1) is 0 Å². The van der Waals surface area contributed by atoms with E-state index in [1.54, 1.807) is 11.8 Å². The summed E-state index contributed by atoms with van der Waals surface area (Å²) in [5.74, 6) is -1.37. The van der Waals surface area contributed by atoms with Gasteiger partial charge in [0.05, 0.1) is 18.1 Å². The van der Waals surface area contributed by atoms with Crippen LogP contribution in [0.2, 0.25) is 0 Å². The number of carboxylic acids is 1. The van der Waals surface area contributed by atoms with E-state index < -0.39 is 11.9 Å². The maximum absolute atomic E-state index is 11.9. The summed E-state index contributed by atoms with van der Waals surface area (Å²) < 4.78 is 5.65. The third-order valence-corrected chi connectivity index (χ3v) is 3.67. The fourth-order valence-corrected chi connectivity index (χ4v) is 2.51. The number of hydrogen-bond donors (Lipinski definition) is 2. The monoisotopic (exact) mass is 256 g/mol. The Hall–Kier alpha value is -1.30. The van der Waals surface area contributed by atoms with Crippen molar-refractivity contribution in [1.82, 2.24) is 10.2 Å². The van der Waals surface area contributed by atoms with Gasteiger partial charge in [-0.1, -0.05) is 6.92 Å². The van der Waals surface area contributed by atoms with Crippen LogP contribution in [-0.2, 0) is 9.53 Å². The lowest BCUT2D eigenvalue weighted by molar-refractivity contribution is -0.141. The van der Waals surface area contributed by atoms with Gasteiger partial charge in [0, 0.05) is 19.6 Å². The van der Waals surface area contributed by atoms with E-state index in [9.17, 15) is 9.59 Å². The van der Waals surface area contributed by atoms with Crippen LogP contribution in [0.3, 0.4) is 0 Å². The van der Waals surface area contributed by atoms with E-state index in [4.69, 9.17) is 9.84 Å². The van der Waals surface area contributed by atoms with Crippen LogP contribution in [-0.4, -0.2) is 53.8 Å². The SMILES string of the molecule is CCC(CNC(=O)N1CC2CCC(C1)O2)C(=O)O. The smallest absolute Gasteiger partial charge is 0.317 e. The topological polar surface area (TPSA) is 78.9 Å². The number of hydrogen-bond acceptors (Lipinski definition) is 3. The summed E-state index contributed by atoms with van der Waals surface area (Å²) in [7, 11) is 0. The third kappa shape index (κ3) is 2.93. The van der Waals surface area contributed by atoms with Gasteiger partial charge in [0.1, 0.15) is 0 Å². The van der Waals surface area contributed by atoms with Crippen LogP contribution in [0.5, 0.6) is 0 Å². The fraction of sp³-hybridized carbons (Fsp3) is 0.833. The van der Waals surface area contributed by atoms with E-state index in [0.717, 1.165) is 12.8 Å². The normalized spacial score (nSPS) is 27.9. The van der Waals surface area contributed by atoms with Crippen molar-refractivity contribution < 1.29 is 19.4 Å². The Labute approximate surface area is 106 Å². The maximum Gasteiger partial charge on any atom is 0.317 e. The Balaban J connectivity index is 1.79. The molecule has 6 nitrogen and oxygen atoms in total. The zero-order valence-corrected chi connectivity index (χ0v) is 10.6. The number of rotatable bonds is 4. The molecule has 0 aromatic rings. The van der Waals surface area contributed by atoms with Gasteiger partial charge in [-0.3, -0.25) is 4.79 Å². The Morgan fingerprint density at radius 3 is 2.50 bits per heavy atom. The molecule has 2 amide bonds. The van der Waals surface area contributed by atoms with Gasteiger partial charge in [-0.05, 0) is 19.3 Å². The number of amides is 2. The first-order valence-electron chi connectivity index (χ1n) is 6.51. The van der Waals surface area contributed by atoms with Gasteiger partial charge < -0.3 is 20.1 Å². The van der Waals surface area contributed by atoms with Crippen molar-refractivity contribution in [2.75, 3.05) is 19.6 Å². The van der Waals surface area contributed by atoms with E-state index in [0.29, 0.717) is 19.5 Å². The molecule has 2 heterocycles. The van der Waals surface area contributed by atoms with Gasteiger partial charge >= 0.3 is 12.0 Å². The minimum Gasteiger partial charge on any atom is -0.481 e. The molecule has 18 heavy (non-hydrogen) atoms. The second-order valence-electron chi connectivity index (χ2n) is 4.99. The highest BCUT2D eigenvalue weighted by Gasteiger charge is 2.35. The largest absolute Gasteiger partial charge is 0.481 e. The first-order valence-corrected chi connectivity index (χ1v) is 6.51. The van der Waals surface area contributed by atoms with Crippen LogP contribution < -0.4 is 5.32 Å². The van der Waals surface area contributed by atoms with Crippen LogP contribution >= 0.6 is 0 Å². The Kier molecular flexibility index (Phi) is 4.06. The molecule has 2 rings (SSSR count). The molecule has 3 unspecified atom stereocenters. The van der Waals surface area contributed by atoms with Crippen LogP contribution in [0.1, 0.15) is 26.2 Å². The molecule has 0 aliphatic carbocycles. The van der Waals surface area contributed by atoms with Crippen molar-refractivity contribution in [2.45, 2.75) is 38.4 Å². The quantitative estimate of drug-likeness (QED) is 0.775. The lowest BCUT2D eigenvalue weighted by Gasteiger charge is -2.32. The van der Waals surface area contributed by atoms with Crippen molar-refractivity contribution in [3.63, 3.8) is 0 Å². The molecule has 2 saturated heterocycles. The summed E-state index contributed by atoms with van der Waals surface area (Å²) in [4.78, 5) is 24.5. The molecule has 2 aliphatic heterocycles. The molecular formula is C12H20N2O4. The van der Waals surface area contributed by atoms with Crippen molar-refractivity contribution in [3.8, 4) is 0 Å². The van der Waals surface area contributed by atoms with Gasteiger partial charge in [-0.2, -0.15) is 0 Å². The van der Waals surface area contributed by atoms with E-state index in [2.05, 4.69) is 5.32 Å². The van der Waals surface area contributed by atoms with Gasteiger partial charge in [0.2, 0.25) is 0 Å². The van der Waals surface area contributed by atoms with Gasteiger partial charge in [0.25, 0.3) is 0 Å². The van der Waals surface area contributed by atoms with Crippen LogP contribution in [0.25, 0.3) is 0 Å². The highest BCUT2D eigenvalue weighted by atomic mass is 16.5. The number of ether oxygens (including phenoxy) is 1. The van der Waals surface area contributed by atoms with E-state index in [1.165, 1.54) is 0 Å². The summed E-state index contributed by atoms with van der Waals surface area (Å²) in [6, 6.07) is -0.171.